The molecule has 0 saturated carbocycles. The summed E-state index contributed by atoms with van der Waals surface area (Å²) in [6, 6.07) is 21.4. The molecule has 0 bridgehead atoms. The maximum atomic E-state index is 11.0. The van der Waals surface area contributed by atoms with Gasteiger partial charge in [-0.05, 0) is 51.5 Å². The second kappa shape index (κ2) is 9.61. The van der Waals surface area contributed by atoms with Crippen LogP contribution in [0.4, 0.5) is 5.69 Å². The Kier molecular flexibility index (Phi) is 6.61. The summed E-state index contributed by atoms with van der Waals surface area (Å²) in [5.74, 6) is 1.29. The van der Waals surface area contributed by atoms with Crippen LogP contribution in [-0.4, -0.2) is 29.0 Å². The first-order valence-corrected chi connectivity index (χ1v) is 11.5. The van der Waals surface area contributed by atoms with Crippen molar-refractivity contribution < 1.29 is 14.6 Å². The van der Waals surface area contributed by atoms with E-state index in [0.717, 1.165) is 27.7 Å². The fourth-order valence-electron chi connectivity index (χ4n) is 3.92. The third kappa shape index (κ3) is 4.77. The number of hydrogen-bond acceptors (Lipinski definition) is 5. The third-order valence-corrected chi connectivity index (χ3v) is 5.58. The molecular formula is C28H31N3O3. The smallest absolute Gasteiger partial charge is 0.199 e. The van der Waals surface area contributed by atoms with E-state index in [1.165, 1.54) is 0 Å². The number of nitrogens with zero attached hydrogens (tertiary/aromatic N) is 1. The van der Waals surface area contributed by atoms with E-state index in [2.05, 4.69) is 4.98 Å². The Morgan fingerprint density at radius 2 is 1.56 bits per heavy atom. The van der Waals surface area contributed by atoms with Crippen molar-refractivity contribution in [2.75, 3.05) is 13.2 Å². The van der Waals surface area contributed by atoms with E-state index >= 15 is 0 Å². The van der Waals surface area contributed by atoms with E-state index in [1.807, 2.05) is 94.4 Å². The molecule has 0 saturated heterocycles. The minimum Gasteiger partial charge on any atom is -0.494 e. The summed E-state index contributed by atoms with van der Waals surface area (Å²) >= 11 is 0. The molecule has 4 N–H and O–H groups in total. The quantitative estimate of drug-likeness (QED) is 0.282. The summed E-state index contributed by atoms with van der Waals surface area (Å²) in [4.78, 5) is 8.05. The summed E-state index contributed by atoms with van der Waals surface area (Å²) in [6.07, 6.45) is 0. The van der Waals surface area contributed by atoms with Crippen LogP contribution in [0.15, 0.2) is 71.7 Å². The van der Waals surface area contributed by atoms with E-state index < -0.39 is 5.54 Å². The molecule has 0 aliphatic heterocycles. The maximum absolute atomic E-state index is 11.0. The SMILES string of the molecule is CCOc1cc2[nH]c(O)c(C(=Nc3ccc(C(C)(C)N)cc3)c3ccccc3)c2cc1OCC. The lowest BCUT2D eigenvalue weighted by Gasteiger charge is -2.19. The van der Waals surface area contributed by atoms with E-state index in [1.54, 1.807) is 0 Å². The maximum Gasteiger partial charge on any atom is 0.199 e. The molecule has 4 rings (SSSR count). The van der Waals surface area contributed by atoms with Crippen molar-refractivity contribution in [3.8, 4) is 17.4 Å². The molecule has 0 unspecified atom stereocenters. The van der Waals surface area contributed by atoms with Crippen LogP contribution in [0, 0.1) is 0 Å². The van der Waals surface area contributed by atoms with E-state index in [9.17, 15) is 5.11 Å². The minimum atomic E-state index is -0.437. The number of benzene rings is 3. The van der Waals surface area contributed by atoms with Gasteiger partial charge in [0.25, 0.3) is 0 Å². The molecule has 0 fully saturated rings. The zero-order chi connectivity index (χ0) is 24.3. The highest BCUT2D eigenvalue weighted by Gasteiger charge is 2.21. The zero-order valence-electron chi connectivity index (χ0n) is 20.1. The molecule has 4 aromatic rings. The van der Waals surface area contributed by atoms with E-state index in [0.29, 0.717) is 36.0 Å². The number of aromatic hydroxyl groups is 1. The fraction of sp³-hybridized carbons (Fsp3) is 0.250. The predicted octanol–water partition coefficient (Wildman–Crippen LogP) is 6.03. The molecule has 1 aromatic heterocycles. The number of nitrogens with two attached hydrogens (primary N) is 1. The van der Waals surface area contributed by atoms with Gasteiger partial charge in [-0.3, -0.25) is 0 Å². The molecule has 0 aliphatic rings. The lowest BCUT2D eigenvalue weighted by atomic mass is 9.95. The Balaban J connectivity index is 1.92. The van der Waals surface area contributed by atoms with Gasteiger partial charge >= 0.3 is 0 Å². The Labute approximate surface area is 200 Å². The number of fused-ring (bicyclic) bond motifs is 1. The second-order valence-corrected chi connectivity index (χ2v) is 8.65. The van der Waals surface area contributed by atoms with Crippen LogP contribution in [0.5, 0.6) is 17.4 Å². The number of aliphatic imine (C=N–C) groups is 1. The molecule has 6 nitrogen and oxygen atoms in total. The minimum absolute atomic E-state index is 0.0356. The van der Waals surface area contributed by atoms with E-state index in [-0.39, 0.29) is 5.88 Å². The molecule has 1 heterocycles. The summed E-state index contributed by atoms with van der Waals surface area (Å²) in [6.45, 7) is 8.81. The number of aromatic nitrogens is 1. The molecule has 0 spiro atoms. The second-order valence-electron chi connectivity index (χ2n) is 8.65. The van der Waals surface area contributed by atoms with Crippen LogP contribution in [0.3, 0.4) is 0 Å². The van der Waals surface area contributed by atoms with Crippen molar-refractivity contribution in [2.24, 2.45) is 10.7 Å². The Bertz CT molecular complexity index is 1300. The van der Waals surface area contributed by atoms with Crippen LogP contribution >= 0.6 is 0 Å². The lowest BCUT2D eigenvalue weighted by molar-refractivity contribution is 0.288. The number of rotatable bonds is 8. The molecule has 0 amide bonds. The molecular weight excluding hydrogens is 426 g/mol. The first-order valence-electron chi connectivity index (χ1n) is 11.5. The number of aromatic amines is 1. The summed E-state index contributed by atoms with van der Waals surface area (Å²) in [5.41, 5.74) is 10.5. The van der Waals surface area contributed by atoms with E-state index in [4.69, 9.17) is 20.2 Å². The fourth-order valence-corrected chi connectivity index (χ4v) is 3.92. The predicted molar refractivity (Wildman–Crippen MR) is 138 cm³/mol. The van der Waals surface area contributed by atoms with Gasteiger partial charge in [-0.2, -0.15) is 0 Å². The van der Waals surface area contributed by atoms with Gasteiger partial charge in [0.15, 0.2) is 17.4 Å². The van der Waals surface area contributed by atoms with Gasteiger partial charge in [0.2, 0.25) is 0 Å². The normalized spacial score (nSPS) is 12.2. The summed E-state index contributed by atoms with van der Waals surface area (Å²) < 4.78 is 11.6. The highest BCUT2D eigenvalue weighted by Crippen LogP contribution is 2.38. The largest absolute Gasteiger partial charge is 0.494 e. The number of hydrogen-bond donors (Lipinski definition) is 3. The molecule has 3 aromatic carbocycles. The van der Waals surface area contributed by atoms with Crippen LogP contribution < -0.4 is 15.2 Å². The number of ether oxygens (including phenoxy) is 2. The van der Waals surface area contributed by atoms with Crippen LogP contribution in [-0.2, 0) is 5.54 Å². The van der Waals surface area contributed by atoms with Crippen molar-refractivity contribution in [2.45, 2.75) is 33.2 Å². The van der Waals surface area contributed by atoms with Gasteiger partial charge in [-0.1, -0.05) is 42.5 Å². The van der Waals surface area contributed by atoms with Crippen LogP contribution in [0.2, 0.25) is 0 Å². The van der Waals surface area contributed by atoms with Crippen molar-refractivity contribution in [3.05, 3.63) is 83.4 Å². The number of nitrogens with one attached hydrogen (secondary N) is 1. The molecule has 0 radical (unpaired) electrons. The summed E-state index contributed by atoms with van der Waals surface area (Å²) in [5, 5.41) is 11.8. The average Bonchev–Trinajstić information content (AvgIpc) is 3.13. The molecule has 0 atom stereocenters. The van der Waals surface area contributed by atoms with Gasteiger partial charge in [-0.25, -0.2) is 4.99 Å². The Morgan fingerprint density at radius 1 is 0.941 bits per heavy atom. The number of H-pyrrole nitrogens is 1. The van der Waals surface area contributed by atoms with Gasteiger partial charge in [0.05, 0.1) is 35.7 Å². The van der Waals surface area contributed by atoms with Crippen molar-refractivity contribution in [1.29, 1.82) is 0 Å². The standard InChI is InChI=1S/C28H31N3O3/c1-5-33-23-16-21-22(17-24(23)34-6-2)31-27(32)25(21)26(18-10-8-7-9-11-18)30-20-14-12-19(13-15-20)28(3,4)29/h7-17,31-32H,5-6,29H2,1-4H3. The lowest BCUT2D eigenvalue weighted by Crippen LogP contribution is -2.28. The first-order chi connectivity index (χ1) is 16.3. The Hall–Kier alpha value is -3.77. The molecule has 34 heavy (non-hydrogen) atoms. The third-order valence-electron chi connectivity index (χ3n) is 5.58. The first kappa shape index (κ1) is 23.4. The summed E-state index contributed by atoms with van der Waals surface area (Å²) in [7, 11) is 0. The topological polar surface area (TPSA) is 92.9 Å². The van der Waals surface area contributed by atoms with Crippen LogP contribution in [0.1, 0.15) is 44.4 Å². The van der Waals surface area contributed by atoms with Crippen molar-refractivity contribution in [3.63, 3.8) is 0 Å². The van der Waals surface area contributed by atoms with Gasteiger partial charge < -0.3 is 25.3 Å². The molecule has 0 aliphatic carbocycles. The highest BCUT2D eigenvalue weighted by molar-refractivity contribution is 6.22. The Morgan fingerprint density at radius 3 is 2.15 bits per heavy atom. The molecule has 176 valence electrons. The van der Waals surface area contributed by atoms with Crippen molar-refractivity contribution in [1.82, 2.24) is 4.98 Å². The highest BCUT2D eigenvalue weighted by atomic mass is 16.5. The molecule has 6 heteroatoms. The zero-order valence-corrected chi connectivity index (χ0v) is 20.1. The average molecular weight is 458 g/mol. The monoisotopic (exact) mass is 457 g/mol. The van der Waals surface area contributed by atoms with Gasteiger partial charge in [0, 0.05) is 22.6 Å². The van der Waals surface area contributed by atoms with Gasteiger partial charge in [0.1, 0.15) is 0 Å². The van der Waals surface area contributed by atoms with Crippen molar-refractivity contribution >= 4 is 22.3 Å². The van der Waals surface area contributed by atoms with Crippen LogP contribution in [0.25, 0.3) is 10.9 Å². The van der Waals surface area contributed by atoms with Gasteiger partial charge in [-0.15, -0.1) is 0 Å².